The lowest BCUT2D eigenvalue weighted by Gasteiger charge is -2.15. The van der Waals surface area contributed by atoms with E-state index in [1.54, 1.807) is 19.4 Å². The summed E-state index contributed by atoms with van der Waals surface area (Å²) in [7, 11) is 1.60. The third-order valence-corrected chi connectivity index (χ3v) is 4.45. The Kier molecular flexibility index (Phi) is 2.76. The summed E-state index contributed by atoms with van der Waals surface area (Å²) in [6, 6.07) is 7.02. The van der Waals surface area contributed by atoms with Gasteiger partial charge in [0, 0.05) is 17.5 Å². The largest absolute Gasteiger partial charge is 0.497 e. The molecule has 2 aromatic rings. The number of rotatable bonds is 4. The van der Waals surface area contributed by atoms with Crippen LogP contribution in [0, 0.1) is 5.92 Å². The molecule has 2 heterocycles. The molecular weight excluding hydrogens is 287 g/mol. The lowest BCUT2D eigenvalue weighted by Crippen LogP contribution is -2.36. The molecule has 3 atom stereocenters. The van der Waals surface area contributed by atoms with Crippen molar-refractivity contribution in [3.8, 4) is 11.5 Å². The summed E-state index contributed by atoms with van der Waals surface area (Å²) in [5.41, 5.74) is -0.864. The number of carbonyl (C=O) groups is 1. The van der Waals surface area contributed by atoms with Crippen molar-refractivity contribution in [3.05, 3.63) is 30.5 Å². The SMILES string of the molecule is COc1ccc2nccc(OC[C@H]3NC(=O)[C@]4(F)C[C@H]34)c2c1. The van der Waals surface area contributed by atoms with Crippen molar-refractivity contribution < 1.29 is 18.7 Å². The summed E-state index contributed by atoms with van der Waals surface area (Å²) in [6.45, 7) is 0.248. The zero-order valence-electron chi connectivity index (χ0n) is 12.0. The highest BCUT2D eigenvalue weighted by Gasteiger charge is 2.69. The van der Waals surface area contributed by atoms with E-state index in [1.807, 2.05) is 18.2 Å². The van der Waals surface area contributed by atoms with Crippen LogP contribution in [0.5, 0.6) is 11.5 Å². The Hall–Kier alpha value is -2.37. The lowest BCUT2D eigenvalue weighted by molar-refractivity contribution is -0.125. The van der Waals surface area contributed by atoms with Crippen molar-refractivity contribution in [1.82, 2.24) is 10.3 Å². The minimum atomic E-state index is -1.66. The molecule has 6 heteroatoms. The normalized spacial score (nSPS) is 29.1. The van der Waals surface area contributed by atoms with Gasteiger partial charge < -0.3 is 14.8 Å². The molecule has 4 rings (SSSR count). The molecule has 1 saturated heterocycles. The molecular formula is C16H15FN2O3. The zero-order valence-corrected chi connectivity index (χ0v) is 12.0. The number of piperidine rings is 1. The summed E-state index contributed by atoms with van der Waals surface area (Å²) < 4.78 is 24.9. The number of hydrogen-bond donors (Lipinski definition) is 1. The lowest BCUT2D eigenvalue weighted by atomic mass is 10.2. The summed E-state index contributed by atoms with van der Waals surface area (Å²) in [4.78, 5) is 15.8. The number of halogens is 1. The highest BCUT2D eigenvalue weighted by molar-refractivity contribution is 5.92. The van der Waals surface area contributed by atoms with E-state index >= 15 is 0 Å². The Morgan fingerprint density at radius 3 is 3.00 bits per heavy atom. The van der Waals surface area contributed by atoms with Gasteiger partial charge in [-0.15, -0.1) is 0 Å². The molecule has 0 spiro atoms. The first-order valence-corrected chi connectivity index (χ1v) is 7.17. The topological polar surface area (TPSA) is 60.5 Å². The number of nitrogens with zero attached hydrogens (tertiary/aromatic N) is 1. The molecule has 0 radical (unpaired) electrons. The number of fused-ring (bicyclic) bond motifs is 2. The summed E-state index contributed by atoms with van der Waals surface area (Å²) in [6.07, 6.45) is 1.96. The first-order valence-electron chi connectivity index (χ1n) is 7.17. The summed E-state index contributed by atoms with van der Waals surface area (Å²) in [5, 5.41) is 3.48. The molecule has 1 aliphatic carbocycles. The van der Waals surface area contributed by atoms with Crippen LogP contribution in [-0.4, -0.2) is 36.3 Å². The number of amides is 1. The second-order valence-corrected chi connectivity index (χ2v) is 5.76. The van der Waals surface area contributed by atoms with Crippen LogP contribution >= 0.6 is 0 Å². The number of pyridine rings is 1. The molecule has 2 fully saturated rings. The minimum absolute atomic E-state index is 0.248. The fourth-order valence-corrected chi connectivity index (χ4v) is 3.06. The molecule has 1 saturated carbocycles. The maximum Gasteiger partial charge on any atom is 0.258 e. The summed E-state index contributed by atoms with van der Waals surface area (Å²) >= 11 is 0. The smallest absolute Gasteiger partial charge is 0.258 e. The number of ether oxygens (including phenoxy) is 2. The van der Waals surface area contributed by atoms with E-state index in [0.717, 1.165) is 10.9 Å². The molecule has 1 amide bonds. The van der Waals surface area contributed by atoms with Crippen LogP contribution in [0.15, 0.2) is 30.5 Å². The Bertz CT molecular complexity index is 766. The van der Waals surface area contributed by atoms with Crippen LogP contribution in [0.3, 0.4) is 0 Å². The Labute approximate surface area is 126 Å². The van der Waals surface area contributed by atoms with Crippen molar-refractivity contribution >= 4 is 16.8 Å². The van der Waals surface area contributed by atoms with Gasteiger partial charge >= 0.3 is 0 Å². The van der Waals surface area contributed by atoms with Gasteiger partial charge in [-0.3, -0.25) is 9.78 Å². The average molecular weight is 302 g/mol. The van der Waals surface area contributed by atoms with Gasteiger partial charge in [0.05, 0.1) is 18.7 Å². The Balaban J connectivity index is 1.56. The van der Waals surface area contributed by atoms with Crippen LogP contribution in [-0.2, 0) is 4.79 Å². The first kappa shape index (κ1) is 13.3. The molecule has 0 unspecified atom stereocenters. The number of methoxy groups -OCH3 is 1. The maximum absolute atomic E-state index is 13.9. The van der Waals surface area contributed by atoms with Crippen LogP contribution < -0.4 is 14.8 Å². The predicted molar refractivity (Wildman–Crippen MR) is 77.7 cm³/mol. The van der Waals surface area contributed by atoms with Crippen molar-refractivity contribution in [2.75, 3.05) is 13.7 Å². The molecule has 1 aromatic carbocycles. The number of nitrogens with one attached hydrogen (secondary N) is 1. The highest BCUT2D eigenvalue weighted by Crippen LogP contribution is 2.53. The standard InChI is InChI=1S/C16H15FN2O3/c1-21-9-2-3-12-10(6-9)14(4-5-18-12)22-8-13-11-7-16(11,17)15(20)19-13/h2-6,11,13H,7-8H2,1H3,(H,19,20)/t11-,13-,16+/m1/s1. The minimum Gasteiger partial charge on any atom is -0.497 e. The molecule has 2 aliphatic rings. The second kappa shape index (κ2) is 4.56. The van der Waals surface area contributed by atoms with Crippen molar-refractivity contribution in [2.45, 2.75) is 18.1 Å². The number of hydrogen-bond acceptors (Lipinski definition) is 4. The van der Waals surface area contributed by atoms with Crippen LogP contribution in [0.2, 0.25) is 0 Å². The third-order valence-electron chi connectivity index (χ3n) is 4.45. The number of benzene rings is 1. The van der Waals surface area contributed by atoms with Gasteiger partial charge in [0.15, 0.2) is 5.67 Å². The van der Waals surface area contributed by atoms with Crippen LogP contribution in [0.25, 0.3) is 10.9 Å². The molecule has 114 valence electrons. The number of alkyl halides is 1. The second-order valence-electron chi connectivity index (χ2n) is 5.76. The third kappa shape index (κ3) is 1.90. The number of aromatic nitrogens is 1. The van der Waals surface area contributed by atoms with E-state index in [9.17, 15) is 9.18 Å². The van der Waals surface area contributed by atoms with Crippen molar-refractivity contribution in [3.63, 3.8) is 0 Å². The fourth-order valence-electron chi connectivity index (χ4n) is 3.06. The zero-order chi connectivity index (χ0) is 15.3. The molecule has 1 N–H and O–H groups in total. The van der Waals surface area contributed by atoms with Crippen molar-refractivity contribution in [2.24, 2.45) is 5.92 Å². The van der Waals surface area contributed by atoms with Gasteiger partial charge in [-0.05, 0) is 30.7 Å². The Morgan fingerprint density at radius 1 is 1.45 bits per heavy atom. The molecule has 1 aliphatic heterocycles. The van der Waals surface area contributed by atoms with Gasteiger partial charge in [-0.2, -0.15) is 0 Å². The van der Waals surface area contributed by atoms with Gasteiger partial charge in [0.2, 0.25) is 0 Å². The first-order chi connectivity index (χ1) is 10.6. The average Bonchev–Trinajstić information content (AvgIpc) is 3.17. The van der Waals surface area contributed by atoms with E-state index in [1.165, 1.54) is 0 Å². The van der Waals surface area contributed by atoms with E-state index in [4.69, 9.17) is 9.47 Å². The van der Waals surface area contributed by atoms with E-state index < -0.39 is 11.6 Å². The Morgan fingerprint density at radius 2 is 2.32 bits per heavy atom. The van der Waals surface area contributed by atoms with Gasteiger partial charge in [0.25, 0.3) is 5.91 Å². The van der Waals surface area contributed by atoms with Gasteiger partial charge in [-0.1, -0.05) is 0 Å². The molecule has 0 bridgehead atoms. The van der Waals surface area contributed by atoms with Crippen molar-refractivity contribution in [1.29, 1.82) is 0 Å². The fraction of sp³-hybridized carbons (Fsp3) is 0.375. The van der Waals surface area contributed by atoms with Gasteiger partial charge in [-0.25, -0.2) is 4.39 Å². The van der Waals surface area contributed by atoms with E-state index in [2.05, 4.69) is 10.3 Å². The van der Waals surface area contributed by atoms with Crippen LogP contribution in [0.1, 0.15) is 6.42 Å². The summed E-state index contributed by atoms with van der Waals surface area (Å²) in [5.74, 6) is 0.592. The number of carbonyl (C=O) groups excluding carboxylic acids is 1. The maximum atomic E-state index is 13.9. The molecule has 1 aromatic heterocycles. The predicted octanol–water partition coefficient (Wildman–Crippen LogP) is 1.85. The quantitative estimate of drug-likeness (QED) is 0.936. The molecule has 22 heavy (non-hydrogen) atoms. The van der Waals surface area contributed by atoms with Gasteiger partial charge in [0.1, 0.15) is 18.1 Å². The van der Waals surface area contributed by atoms with E-state index in [-0.39, 0.29) is 18.6 Å². The molecule has 5 nitrogen and oxygen atoms in total. The van der Waals surface area contributed by atoms with E-state index in [0.29, 0.717) is 17.9 Å². The highest BCUT2D eigenvalue weighted by atomic mass is 19.1. The van der Waals surface area contributed by atoms with Crippen LogP contribution in [0.4, 0.5) is 4.39 Å². The monoisotopic (exact) mass is 302 g/mol.